The van der Waals surface area contributed by atoms with Crippen molar-refractivity contribution < 1.29 is 9.59 Å². The van der Waals surface area contributed by atoms with Gasteiger partial charge in [-0.25, -0.2) is 4.98 Å². The Hall–Kier alpha value is -2.63. The predicted molar refractivity (Wildman–Crippen MR) is 105 cm³/mol. The lowest BCUT2D eigenvalue weighted by Crippen LogP contribution is -2.31. The molecule has 1 aliphatic rings. The van der Waals surface area contributed by atoms with Crippen LogP contribution >= 0.6 is 0 Å². The van der Waals surface area contributed by atoms with Crippen molar-refractivity contribution >= 4 is 11.8 Å². The second-order valence-electron chi connectivity index (χ2n) is 6.96. The molecule has 0 fully saturated rings. The summed E-state index contributed by atoms with van der Waals surface area (Å²) >= 11 is 0. The Morgan fingerprint density at radius 1 is 1.07 bits per heavy atom. The molecule has 2 amide bonds. The lowest BCUT2D eigenvalue weighted by atomic mass is 10.1. The van der Waals surface area contributed by atoms with E-state index in [-0.39, 0.29) is 11.8 Å². The average Bonchev–Trinajstić information content (AvgIpc) is 3.08. The van der Waals surface area contributed by atoms with Gasteiger partial charge in [-0.3, -0.25) is 9.59 Å². The van der Waals surface area contributed by atoms with Crippen LogP contribution in [0.4, 0.5) is 0 Å². The molecule has 0 aliphatic carbocycles. The molecule has 0 N–H and O–H groups in total. The number of aromatic nitrogens is 2. The predicted octanol–water partition coefficient (Wildman–Crippen LogP) is 2.97. The maximum Gasteiger partial charge on any atom is 0.289 e. The Bertz CT molecular complexity index is 809. The van der Waals surface area contributed by atoms with Crippen LogP contribution in [0.3, 0.4) is 0 Å². The van der Waals surface area contributed by atoms with Crippen LogP contribution in [-0.2, 0) is 19.5 Å². The van der Waals surface area contributed by atoms with E-state index in [9.17, 15) is 9.59 Å². The van der Waals surface area contributed by atoms with E-state index in [2.05, 4.69) is 4.98 Å². The second-order valence-corrected chi connectivity index (χ2v) is 6.96. The molecule has 2 heterocycles. The van der Waals surface area contributed by atoms with E-state index in [4.69, 9.17) is 0 Å². The molecule has 0 saturated heterocycles. The summed E-state index contributed by atoms with van der Waals surface area (Å²) in [5.41, 5.74) is 2.43. The van der Waals surface area contributed by atoms with Gasteiger partial charge in [0, 0.05) is 33.2 Å². The number of rotatable bonds is 6. The van der Waals surface area contributed by atoms with Crippen molar-refractivity contribution in [1.82, 2.24) is 19.4 Å². The summed E-state index contributed by atoms with van der Waals surface area (Å²) in [4.78, 5) is 34.0. The fourth-order valence-corrected chi connectivity index (χ4v) is 3.64. The van der Waals surface area contributed by atoms with E-state index in [1.54, 1.807) is 16.8 Å². The Morgan fingerprint density at radius 2 is 1.78 bits per heavy atom. The van der Waals surface area contributed by atoms with Gasteiger partial charge < -0.3 is 14.4 Å². The van der Waals surface area contributed by atoms with Crippen molar-refractivity contribution in [3.05, 3.63) is 53.1 Å². The lowest BCUT2D eigenvalue weighted by molar-refractivity contribution is 0.0765. The number of fused-ring (bicyclic) bond motifs is 1. The monoisotopic (exact) mass is 368 g/mol. The third-order valence-corrected chi connectivity index (χ3v) is 5.17. The summed E-state index contributed by atoms with van der Waals surface area (Å²) < 4.78 is 1.96. The molecule has 0 radical (unpaired) electrons. The highest BCUT2D eigenvalue weighted by Gasteiger charge is 2.30. The minimum atomic E-state index is -0.138. The van der Waals surface area contributed by atoms with Gasteiger partial charge in [0.05, 0.1) is 5.69 Å². The lowest BCUT2D eigenvalue weighted by Gasteiger charge is -2.21. The zero-order valence-corrected chi connectivity index (χ0v) is 16.4. The van der Waals surface area contributed by atoms with Crippen LogP contribution in [0.25, 0.3) is 0 Å². The highest BCUT2D eigenvalue weighted by atomic mass is 16.2. The van der Waals surface area contributed by atoms with Crippen molar-refractivity contribution in [2.24, 2.45) is 0 Å². The number of imidazole rings is 1. The molecular weight excluding hydrogens is 340 g/mol. The van der Waals surface area contributed by atoms with Crippen molar-refractivity contribution in [3.8, 4) is 0 Å². The maximum atomic E-state index is 13.1. The molecule has 1 aliphatic heterocycles. The molecule has 0 spiro atoms. The van der Waals surface area contributed by atoms with Crippen LogP contribution in [0.5, 0.6) is 0 Å². The van der Waals surface area contributed by atoms with Crippen molar-refractivity contribution in [1.29, 1.82) is 0 Å². The van der Waals surface area contributed by atoms with Gasteiger partial charge in [-0.15, -0.1) is 0 Å². The first-order valence-electron chi connectivity index (χ1n) is 9.74. The van der Waals surface area contributed by atoms with Crippen LogP contribution in [-0.4, -0.2) is 51.3 Å². The smallest absolute Gasteiger partial charge is 0.289 e. The van der Waals surface area contributed by atoms with Crippen LogP contribution in [0.1, 0.15) is 59.1 Å². The minimum Gasteiger partial charge on any atom is -0.338 e. The van der Waals surface area contributed by atoms with E-state index in [1.165, 1.54) is 0 Å². The van der Waals surface area contributed by atoms with E-state index in [0.717, 1.165) is 37.1 Å². The van der Waals surface area contributed by atoms with E-state index in [1.807, 2.05) is 48.7 Å². The van der Waals surface area contributed by atoms with Crippen molar-refractivity contribution in [2.45, 2.75) is 46.2 Å². The van der Waals surface area contributed by atoms with Gasteiger partial charge in [-0.1, -0.05) is 30.3 Å². The molecule has 2 aromatic rings. The highest BCUT2D eigenvalue weighted by Crippen LogP contribution is 2.23. The standard InChI is InChI=1S/C21H28N4O2/c1-4-24(5-2)20(26)18-17-13-9-10-14-25(17)19(22-18)21(27)23(3)15-16-11-7-6-8-12-16/h6-8,11-12H,4-5,9-10,13-15H2,1-3H3. The van der Waals surface area contributed by atoms with Crippen LogP contribution in [0, 0.1) is 0 Å². The largest absolute Gasteiger partial charge is 0.338 e. The normalized spacial score (nSPS) is 13.1. The minimum absolute atomic E-state index is 0.0737. The third kappa shape index (κ3) is 3.89. The molecule has 27 heavy (non-hydrogen) atoms. The van der Waals surface area contributed by atoms with E-state index < -0.39 is 0 Å². The molecule has 1 aromatic heterocycles. The number of amides is 2. The fourth-order valence-electron chi connectivity index (χ4n) is 3.64. The second kappa shape index (κ2) is 8.37. The summed E-state index contributed by atoms with van der Waals surface area (Å²) in [7, 11) is 1.78. The van der Waals surface area contributed by atoms with Crippen LogP contribution < -0.4 is 0 Å². The molecule has 0 saturated carbocycles. The number of carbonyl (C=O) groups excluding carboxylic acids is 2. The maximum absolute atomic E-state index is 13.1. The Labute approximate surface area is 160 Å². The van der Waals surface area contributed by atoms with Crippen molar-refractivity contribution in [3.63, 3.8) is 0 Å². The highest BCUT2D eigenvalue weighted by molar-refractivity contribution is 5.97. The van der Waals surface area contributed by atoms with Gasteiger partial charge in [0.25, 0.3) is 11.8 Å². The van der Waals surface area contributed by atoms with Crippen molar-refractivity contribution in [2.75, 3.05) is 20.1 Å². The first-order valence-corrected chi connectivity index (χ1v) is 9.74. The summed E-state index contributed by atoms with van der Waals surface area (Å²) in [6.45, 7) is 6.46. The number of hydrogen-bond acceptors (Lipinski definition) is 3. The topological polar surface area (TPSA) is 58.4 Å². The van der Waals surface area contributed by atoms with Gasteiger partial charge in [0.2, 0.25) is 0 Å². The molecule has 0 bridgehead atoms. The van der Waals surface area contributed by atoms with Crippen LogP contribution in [0.2, 0.25) is 0 Å². The quantitative estimate of drug-likeness (QED) is 0.788. The summed E-state index contributed by atoms with van der Waals surface area (Å²) in [6.07, 6.45) is 2.83. The molecule has 3 rings (SSSR count). The van der Waals surface area contributed by atoms with Gasteiger partial charge in [0.15, 0.2) is 5.82 Å². The number of benzene rings is 1. The number of hydrogen-bond donors (Lipinski definition) is 0. The zero-order valence-electron chi connectivity index (χ0n) is 16.4. The Balaban J connectivity index is 1.91. The summed E-state index contributed by atoms with van der Waals surface area (Å²) in [5.74, 6) is 0.176. The Morgan fingerprint density at radius 3 is 2.44 bits per heavy atom. The third-order valence-electron chi connectivity index (χ3n) is 5.17. The first kappa shape index (κ1) is 19.1. The van der Waals surface area contributed by atoms with Gasteiger partial charge >= 0.3 is 0 Å². The molecule has 0 atom stereocenters. The van der Waals surface area contributed by atoms with Crippen LogP contribution in [0.15, 0.2) is 30.3 Å². The molecule has 6 heteroatoms. The molecular formula is C21H28N4O2. The number of carbonyl (C=O) groups is 2. The zero-order chi connectivity index (χ0) is 19.4. The average molecular weight is 368 g/mol. The summed E-state index contributed by atoms with van der Waals surface area (Å²) in [6, 6.07) is 9.89. The van der Waals surface area contributed by atoms with Gasteiger partial charge in [-0.2, -0.15) is 0 Å². The van der Waals surface area contributed by atoms with Gasteiger partial charge in [0.1, 0.15) is 5.69 Å². The SMILES string of the molecule is CCN(CC)C(=O)c1nc(C(=O)N(C)Cc2ccccc2)n2c1CCCC2. The fraction of sp³-hybridized carbons (Fsp3) is 0.476. The van der Waals surface area contributed by atoms with E-state index in [0.29, 0.717) is 31.2 Å². The van der Waals surface area contributed by atoms with E-state index >= 15 is 0 Å². The molecule has 0 unspecified atom stereocenters. The Kier molecular flexibility index (Phi) is 5.94. The molecule has 1 aromatic carbocycles. The molecule has 6 nitrogen and oxygen atoms in total. The summed E-state index contributed by atoms with van der Waals surface area (Å²) in [5, 5.41) is 0. The number of nitrogens with zero attached hydrogens (tertiary/aromatic N) is 4. The van der Waals surface area contributed by atoms with Gasteiger partial charge in [-0.05, 0) is 38.7 Å². The molecule has 144 valence electrons. The first-order chi connectivity index (χ1) is 13.1.